The Bertz CT molecular complexity index is 914. The van der Waals surface area contributed by atoms with Crippen LogP contribution in [0.15, 0.2) is 29.3 Å². The topological polar surface area (TPSA) is 68.3 Å². The van der Waals surface area contributed by atoms with Gasteiger partial charge in [-0.25, -0.2) is 0 Å². The Kier molecular flexibility index (Phi) is 4.96. The molecule has 5 nitrogen and oxygen atoms in total. The summed E-state index contributed by atoms with van der Waals surface area (Å²) in [5.74, 6) is -0.466. The summed E-state index contributed by atoms with van der Waals surface area (Å²) in [6, 6.07) is 6.03. The molecule has 1 aliphatic heterocycles. The lowest BCUT2D eigenvalue weighted by molar-refractivity contribution is -0.122. The molecule has 1 aromatic carbocycles. The normalized spacial score (nSPS) is 16.4. The number of benzene rings is 1. The molecule has 1 fully saturated rings. The standard InChI is InChI=1S/C18H19N3O2S2/c1-3-11-6-5-7-13-12(9-20(16(11)13)10-15(19)22)8-14-17(23)21(4-2)18(24)25-14/h5-9H,3-4,10H2,1-2H3,(H2,19,22)/b14-8-. The maximum absolute atomic E-state index is 12.5. The summed E-state index contributed by atoms with van der Waals surface area (Å²) in [4.78, 5) is 26.1. The van der Waals surface area contributed by atoms with E-state index in [0.29, 0.717) is 15.8 Å². The number of amides is 2. The molecule has 2 heterocycles. The molecule has 3 rings (SSSR count). The van der Waals surface area contributed by atoms with Crippen molar-refractivity contribution in [2.45, 2.75) is 26.8 Å². The van der Waals surface area contributed by atoms with Gasteiger partial charge in [-0.05, 0) is 25.0 Å². The monoisotopic (exact) mass is 373 g/mol. The molecule has 25 heavy (non-hydrogen) atoms. The summed E-state index contributed by atoms with van der Waals surface area (Å²) < 4.78 is 2.44. The summed E-state index contributed by atoms with van der Waals surface area (Å²) in [5, 5.41) is 1.00. The zero-order valence-corrected chi connectivity index (χ0v) is 15.7. The Morgan fingerprint density at radius 3 is 2.72 bits per heavy atom. The van der Waals surface area contributed by atoms with E-state index in [2.05, 4.69) is 6.92 Å². The number of hydrogen-bond donors (Lipinski definition) is 1. The van der Waals surface area contributed by atoms with Crippen molar-refractivity contribution in [3.63, 3.8) is 0 Å². The fourth-order valence-electron chi connectivity index (χ4n) is 3.07. The third kappa shape index (κ3) is 3.21. The molecule has 7 heteroatoms. The summed E-state index contributed by atoms with van der Waals surface area (Å²) in [6.45, 7) is 4.64. The zero-order valence-electron chi connectivity index (χ0n) is 14.1. The number of thiocarbonyl (C=S) groups is 1. The maximum atomic E-state index is 12.5. The van der Waals surface area contributed by atoms with E-state index >= 15 is 0 Å². The second kappa shape index (κ2) is 7.01. The summed E-state index contributed by atoms with van der Waals surface area (Å²) in [5.41, 5.74) is 8.42. The number of likely N-dealkylation sites (N-methyl/N-ethyl adjacent to an activating group) is 1. The highest BCUT2D eigenvalue weighted by Crippen LogP contribution is 2.34. The predicted molar refractivity (Wildman–Crippen MR) is 106 cm³/mol. The highest BCUT2D eigenvalue weighted by Gasteiger charge is 2.30. The van der Waals surface area contributed by atoms with Crippen LogP contribution in [0.1, 0.15) is 25.0 Å². The van der Waals surface area contributed by atoms with Crippen molar-refractivity contribution in [2.75, 3.05) is 6.54 Å². The Labute approximate surface area is 155 Å². The van der Waals surface area contributed by atoms with Gasteiger partial charge in [0.25, 0.3) is 5.91 Å². The Morgan fingerprint density at radius 2 is 2.12 bits per heavy atom. The van der Waals surface area contributed by atoms with Crippen LogP contribution in [0, 0.1) is 0 Å². The van der Waals surface area contributed by atoms with Crippen LogP contribution in [-0.2, 0) is 22.6 Å². The molecule has 130 valence electrons. The third-order valence-corrected chi connectivity index (χ3v) is 5.57. The molecule has 1 saturated heterocycles. The number of fused-ring (bicyclic) bond motifs is 1. The molecule has 0 atom stereocenters. The predicted octanol–water partition coefficient (Wildman–Crippen LogP) is 2.91. The van der Waals surface area contributed by atoms with Crippen LogP contribution >= 0.6 is 24.0 Å². The number of aromatic nitrogens is 1. The van der Waals surface area contributed by atoms with E-state index in [0.717, 1.165) is 28.5 Å². The molecule has 0 aliphatic carbocycles. The lowest BCUT2D eigenvalue weighted by atomic mass is 10.1. The Hall–Kier alpha value is -2.12. The van der Waals surface area contributed by atoms with Gasteiger partial charge < -0.3 is 10.3 Å². The van der Waals surface area contributed by atoms with Gasteiger partial charge in [-0.15, -0.1) is 0 Å². The molecule has 1 aromatic heterocycles. The molecule has 0 radical (unpaired) electrons. The second-order valence-corrected chi connectivity index (χ2v) is 7.45. The van der Waals surface area contributed by atoms with Gasteiger partial charge in [-0.2, -0.15) is 0 Å². The van der Waals surface area contributed by atoms with Crippen LogP contribution in [0.25, 0.3) is 17.0 Å². The van der Waals surface area contributed by atoms with Crippen LogP contribution < -0.4 is 5.73 Å². The van der Waals surface area contributed by atoms with Gasteiger partial charge in [-0.3, -0.25) is 14.5 Å². The van der Waals surface area contributed by atoms with Crippen molar-refractivity contribution >= 4 is 57.1 Å². The highest BCUT2D eigenvalue weighted by molar-refractivity contribution is 8.26. The summed E-state index contributed by atoms with van der Waals surface area (Å²) in [7, 11) is 0. The van der Waals surface area contributed by atoms with E-state index in [1.807, 2.05) is 42.0 Å². The molecule has 0 unspecified atom stereocenters. The molecule has 0 spiro atoms. The molecular weight excluding hydrogens is 354 g/mol. The first-order valence-electron chi connectivity index (χ1n) is 8.10. The minimum absolute atomic E-state index is 0.0695. The van der Waals surface area contributed by atoms with Crippen molar-refractivity contribution in [2.24, 2.45) is 5.73 Å². The molecule has 2 amide bonds. The molecule has 2 aromatic rings. The number of thioether (sulfide) groups is 1. The highest BCUT2D eigenvalue weighted by atomic mass is 32.2. The lowest BCUT2D eigenvalue weighted by Crippen LogP contribution is -2.27. The quantitative estimate of drug-likeness (QED) is 0.646. The van der Waals surface area contributed by atoms with Gasteiger partial charge in [0, 0.05) is 23.7 Å². The summed E-state index contributed by atoms with van der Waals surface area (Å²) in [6.07, 6.45) is 4.58. The van der Waals surface area contributed by atoms with Gasteiger partial charge in [0.15, 0.2) is 0 Å². The minimum atomic E-state index is -0.397. The van der Waals surface area contributed by atoms with Crippen molar-refractivity contribution < 1.29 is 9.59 Å². The number of para-hydroxylation sites is 1. The number of nitrogens with zero attached hydrogens (tertiary/aromatic N) is 2. The first-order chi connectivity index (χ1) is 12.0. The number of primary amides is 1. The van der Waals surface area contributed by atoms with Gasteiger partial charge in [0.1, 0.15) is 10.9 Å². The number of carbonyl (C=O) groups excluding carboxylic acids is 2. The van der Waals surface area contributed by atoms with Gasteiger partial charge >= 0.3 is 0 Å². The van der Waals surface area contributed by atoms with E-state index in [-0.39, 0.29) is 12.5 Å². The van der Waals surface area contributed by atoms with Gasteiger partial charge in [0.05, 0.1) is 10.4 Å². The lowest BCUT2D eigenvalue weighted by Gasteiger charge is -2.09. The smallest absolute Gasteiger partial charge is 0.266 e. The van der Waals surface area contributed by atoms with Crippen molar-refractivity contribution in [3.8, 4) is 0 Å². The number of carbonyl (C=O) groups is 2. The number of nitrogens with two attached hydrogens (primary N) is 1. The van der Waals surface area contributed by atoms with Crippen LogP contribution in [0.3, 0.4) is 0 Å². The van der Waals surface area contributed by atoms with Crippen LogP contribution in [0.4, 0.5) is 0 Å². The van der Waals surface area contributed by atoms with Crippen molar-refractivity contribution in [1.82, 2.24) is 9.47 Å². The average Bonchev–Trinajstić information content (AvgIpc) is 3.05. The Balaban J connectivity index is 2.14. The van der Waals surface area contributed by atoms with Gasteiger partial charge in [-0.1, -0.05) is 49.1 Å². The largest absolute Gasteiger partial charge is 0.368 e. The third-order valence-electron chi connectivity index (χ3n) is 4.20. The number of aryl methyl sites for hydroxylation is 1. The fraction of sp³-hybridized carbons (Fsp3) is 0.278. The minimum Gasteiger partial charge on any atom is -0.368 e. The molecular formula is C18H19N3O2S2. The SMILES string of the molecule is CCc1cccc2c(/C=C3\SC(=S)N(CC)C3=O)cn(CC(N)=O)c12. The van der Waals surface area contributed by atoms with E-state index in [1.54, 1.807) is 4.90 Å². The van der Waals surface area contributed by atoms with Crippen molar-refractivity contribution in [3.05, 3.63) is 40.4 Å². The second-order valence-electron chi connectivity index (χ2n) is 5.77. The number of rotatable bonds is 5. The molecule has 2 N–H and O–H groups in total. The maximum Gasteiger partial charge on any atom is 0.266 e. The van der Waals surface area contributed by atoms with Crippen LogP contribution in [0.5, 0.6) is 0 Å². The zero-order chi connectivity index (χ0) is 18.1. The van der Waals surface area contributed by atoms with E-state index in [9.17, 15) is 9.59 Å². The van der Waals surface area contributed by atoms with Crippen LogP contribution in [0.2, 0.25) is 0 Å². The molecule has 0 saturated carbocycles. The van der Waals surface area contributed by atoms with E-state index < -0.39 is 5.91 Å². The number of hydrogen-bond acceptors (Lipinski definition) is 4. The average molecular weight is 374 g/mol. The molecule has 0 bridgehead atoms. The first kappa shape index (κ1) is 17.7. The Morgan fingerprint density at radius 1 is 1.36 bits per heavy atom. The fourth-order valence-corrected chi connectivity index (χ4v) is 4.45. The van der Waals surface area contributed by atoms with E-state index in [1.165, 1.54) is 11.8 Å². The summed E-state index contributed by atoms with van der Waals surface area (Å²) >= 11 is 6.58. The van der Waals surface area contributed by atoms with E-state index in [4.69, 9.17) is 18.0 Å². The first-order valence-corrected chi connectivity index (χ1v) is 9.33. The van der Waals surface area contributed by atoms with Gasteiger partial charge in [0.2, 0.25) is 5.91 Å². The molecule has 1 aliphatic rings. The van der Waals surface area contributed by atoms with Crippen LogP contribution in [-0.4, -0.2) is 32.1 Å². The van der Waals surface area contributed by atoms with Crippen molar-refractivity contribution in [1.29, 1.82) is 0 Å².